The summed E-state index contributed by atoms with van der Waals surface area (Å²) < 4.78 is 17.6. The van der Waals surface area contributed by atoms with E-state index in [4.69, 9.17) is 19.3 Å². The monoisotopic (exact) mass is 240 g/mol. The van der Waals surface area contributed by atoms with Gasteiger partial charge in [0.25, 0.3) is 0 Å². The second-order valence-electron chi connectivity index (χ2n) is 5.69. The Labute approximate surface area is 99.0 Å². The molecule has 0 aromatic carbocycles. The first-order valence-corrected chi connectivity index (χ1v) is 6.37. The number of carboxylic acids is 1. The van der Waals surface area contributed by atoms with Crippen molar-refractivity contribution in [3.8, 4) is 0 Å². The van der Waals surface area contributed by atoms with Crippen molar-refractivity contribution in [3.05, 3.63) is 0 Å². The smallest absolute Gasteiger partial charge is 0.305 e. The number of carboxylic acid groups (broad SMARTS) is 1. The fourth-order valence-electron chi connectivity index (χ4n) is 3.82. The summed E-state index contributed by atoms with van der Waals surface area (Å²) in [6, 6.07) is 0. The molecule has 0 aromatic heterocycles. The van der Waals surface area contributed by atoms with E-state index in [0.29, 0.717) is 6.10 Å². The maximum atomic E-state index is 10.8. The third-order valence-corrected chi connectivity index (χ3v) is 4.56. The Bertz CT molecular complexity index is 366. The van der Waals surface area contributed by atoms with E-state index in [1.165, 1.54) is 0 Å². The Hall–Kier alpha value is -0.650. The van der Waals surface area contributed by atoms with Gasteiger partial charge in [0.2, 0.25) is 0 Å². The number of epoxide rings is 1. The van der Waals surface area contributed by atoms with Crippen molar-refractivity contribution >= 4 is 5.97 Å². The summed E-state index contributed by atoms with van der Waals surface area (Å²) in [6.07, 6.45) is 4.36. The highest BCUT2D eigenvalue weighted by Gasteiger charge is 2.66. The maximum absolute atomic E-state index is 10.8. The molecule has 0 amide bonds. The lowest BCUT2D eigenvalue weighted by atomic mass is 9.78. The zero-order valence-corrected chi connectivity index (χ0v) is 9.50. The molecule has 1 spiro atoms. The van der Waals surface area contributed by atoms with Crippen LogP contribution in [0.1, 0.15) is 32.1 Å². The molecule has 5 heteroatoms. The van der Waals surface area contributed by atoms with E-state index in [-0.39, 0.29) is 36.4 Å². The van der Waals surface area contributed by atoms with Crippen LogP contribution < -0.4 is 0 Å². The molecule has 5 nitrogen and oxygen atoms in total. The first kappa shape index (κ1) is 10.3. The molecule has 3 heterocycles. The number of carbonyl (C=O) groups is 1. The zero-order valence-electron chi connectivity index (χ0n) is 9.50. The van der Waals surface area contributed by atoms with Crippen LogP contribution in [0.2, 0.25) is 0 Å². The maximum Gasteiger partial charge on any atom is 0.305 e. The third kappa shape index (κ3) is 1.46. The summed E-state index contributed by atoms with van der Waals surface area (Å²) in [5.74, 6) is -0.781. The van der Waals surface area contributed by atoms with E-state index in [0.717, 1.165) is 25.7 Å². The Morgan fingerprint density at radius 1 is 1.24 bits per heavy atom. The van der Waals surface area contributed by atoms with Crippen LogP contribution in [0.5, 0.6) is 0 Å². The van der Waals surface area contributed by atoms with Gasteiger partial charge in [-0.2, -0.15) is 0 Å². The Kier molecular flexibility index (Phi) is 1.95. The Morgan fingerprint density at radius 2 is 2.00 bits per heavy atom. The highest BCUT2D eigenvalue weighted by molar-refractivity contribution is 5.67. The van der Waals surface area contributed by atoms with E-state index in [1.54, 1.807) is 0 Å². The summed E-state index contributed by atoms with van der Waals surface area (Å²) >= 11 is 0. The number of hydrogen-bond donors (Lipinski definition) is 1. The largest absolute Gasteiger partial charge is 0.481 e. The van der Waals surface area contributed by atoms with Crippen molar-refractivity contribution < 1.29 is 24.1 Å². The molecule has 3 aliphatic heterocycles. The first-order chi connectivity index (χ1) is 8.16. The molecule has 1 saturated carbocycles. The van der Waals surface area contributed by atoms with Gasteiger partial charge in [-0.1, -0.05) is 0 Å². The van der Waals surface area contributed by atoms with Gasteiger partial charge < -0.3 is 19.3 Å². The molecule has 6 atom stereocenters. The predicted molar refractivity (Wildman–Crippen MR) is 55.6 cm³/mol. The van der Waals surface area contributed by atoms with E-state index >= 15 is 0 Å². The van der Waals surface area contributed by atoms with Gasteiger partial charge in [-0.15, -0.1) is 0 Å². The molecular formula is C12H16O5. The highest BCUT2D eigenvalue weighted by Crippen LogP contribution is 2.55. The Balaban J connectivity index is 1.55. The number of aliphatic carboxylic acids is 1. The minimum Gasteiger partial charge on any atom is -0.481 e. The molecule has 17 heavy (non-hydrogen) atoms. The van der Waals surface area contributed by atoms with Gasteiger partial charge in [-0.05, 0) is 12.8 Å². The topological polar surface area (TPSA) is 68.3 Å². The Morgan fingerprint density at radius 3 is 2.76 bits per heavy atom. The second kappa shape index (κ2) is 3.22. The van der Waals surface area contributed by atoms with Crippen molar-refractivity contribution in [2.24, 2.45) is 0 Å². The normalized spacial score (nSPS) is 54.9. The minimum absolute atomic E-state index is 0.105. The van der Waals surface area contributed by atoms with Gasteiger partial charge in [0.05, 0.1) is 36.4 Å². The fourth-order valence-corrected chi connectivity index (χ4v) is 3.82. The van der Waals surface area contributed by atoms with Crippen LogP contribution in [-0.2, 0) is 19.0 Å². The third-order valence-electron chi connectivity index (χ3n) is 4.56. The highest BCUT2D eigenvalue weighted by atomic mass is 16.6. The van der Waals surface area contributed by atoms with Gasteiger partial charge in [0.1, 0.15) is 6.10 Å². The van der Waals surface area contributed by atoms with Gasteiger partial charge in [-0.25, -0.2) is 0 Å². The molecule has 94 valence electrons. The van der Waals surface area contributed by atoms with E-state index < -0.39 is 5.97 Å². The van der Waals surface area contributed by atoms with Gasteiger partial charge in [0, 0.05) is 12.8 Å². The number of ether oxygens (including phenoxy) is 3. The summed E-state index contributed by atoms with van der Waals surface area (Å²) in [7, 11) is 0. The number of rotatable bonds is 2. The van der Waals surface area contributed by atoms with E-state index in [1.807, 2.05) is 0 Å². The summed E-state index contributed by atoms with van der Waals surface area (Å²) in [6.45, 7) is 0. The first-order valence-electron chi connectivity index (χ1n) is 6.37. The molecule has 0 aromatic rings. The second-order valence-corrected chi connectivity index (χ2v) is 5.69. The zero-order chi connectivity index (χ0) is 11.6. The van der Waals surface area contributed by atoms with E-state index in [2.05, 4.69) is 0 Å². The SMILES string of the molecule is O=C(O)CC1CCC2O[C@@H]3CC2(CC2O[C@H]23)O1. The molecule has 0 radical (unpaired) electrons. The van der Waals surface area contributed by atoms with Crippen molar-refractivity contribution in [1.82, 2.24) is 0 Å². The van der Waals surface area contributed by atoms with Crippen molar-refractivity contribution in [2.75, 3.05) is 0 Å². The molecule has 4 unspecified atom stereocenters. The molecule has 3 saturated heterocycles. The van der Waals surface area contributed by atoms with Crippen LogP contribution in [0.3, 0.4) is 0 Å². The summed E-state index contributed by atoms with van der Waals surface area (Å²) in [5, 5.41) is 8.85. The van der Waals surface area contributed by atoms with Crippen LogP contribution in [-0.4, -0.2) is 47.2 Å². The number of fused-ring (bicyclic) bond motifs is 3. The predicted octanol–water partition coefficient (Wildman–Crippen LogP) is 0.708. The van der Waals surface area contributed by atoms with Gasteiger partial charge in [-0.3, -0.25) is 4.79 Å². The van der Waals surface area contributed by atoms with Gasteiger partial charge >= 0.3 is 5.97 Å². The standard InChI is InChI=1S/C12H16O5/c13-10(14)3-6-1-2-9-12(17-6)4-7(15-9)11-8(5-12)16-11/h6-9,11H,1-5H2,(H,13,14)/t6?,7-,8?,9?,11+,12?/m1/s1. The fraction of sp³-hybridized carbons (Fsp3) is 0.917. The van der Waals surface area contributed by atoms with Crippen molar-refractivity contribution in [1.29, 1.82) is 0 Å². The van der Waals surface area contributed by atoms with Crippen molar-refractivity contribution in [2.45, 2.75) is 68.2 Å². The molecule has 4 fully saturated rings. The van der Waals surface area contributed by atoms with Crippen molar-refractivity contribution in [3.63, 3.8) is 0 Å². The van der Waals surface area contributed by atoms with Crippen LogP contribution in [0.25, 0.3) is 0 Å². The summed E-state index contributed by atoms with van der Waals surface area (Å²) in [5.41, 5.74) is -0.249. The molecule has 1 N–H and O–H groups in total. The van der Waals surface area contributed by atoms with Crippen LogP contribution in [0.4, 0.5) is 0 Å². The molecular weight excluding hydrogens is 224 g/mol. The summed E-state index contributed by atoms with van der Waals surface area (Å²) in [4.78, 5) is 10.8. The van der Waals surface area contributed by atoms with Crippen LogP contribution >= 0.6 is 0 Å². The lowest BCUT2D eigenvalue weighted by Crippen LogP contribution is -2.50. The van der Waals surface area contributed by atoms with E-state index in [9.17, 15) is 4.79 Å². The lowest BCUT2D eigenvalue weighted by Gasteiger charge is -2.42. The van der Waals surface area contributed by atoms with Gasteiger partial charge in [0.15, 0.2) is 0 Å². The molecule has 1 aliphatic carbocycles. The number of hydrogen-bond acceptors (Lipinski definition) is 4. The molecule has 4 aliphatic rings. The molecule has 2 bridgehead atoms. The average molecular weight is 240 g/mol. The minimum atomic E-state index is -0.781. The van der Waals surface area contributed by atoms with Crippen LogP contribution in [0, 0.1) is 0 Å². The quantitative estimate of drug-likeness (QED) is 0.720. The average Bonchev–Trinajstić information content (AvgIpc) is 2.92. The lowest BCUT2D eigenvalue weighted by molar-refractivity contribution is -0.177. The van der Waals surface area contributed by atoms with Crippen LogP contribution in [0.15, 0.2) is 0 Å². The molecule has 4 rings (SSSR count).